The molecule has 0 aliphatic heterocycles. The van der Waals surface area contributed by atoms with E-state index in [1.165, 1.54) is 0 Å². The molecule has 23 heavy (non-hydrogen) atoms. The normalized spacial score (nSPS) is 11.7. The summed E-state index contributed by atoms with van der Waals surface area (Å²) in [5.74, 6) is -0.404. The van der Waals surface area contributed by atoms with E-state index in [0.717, 1.165) is 16.7 Å². The van der Waals surface area contributed by atoms with Crippen LogP contribution in [0.3, 0.4) is 0 Å². The molecule has 0 aromatic heterocycles. The highest BCUT2D eigenvalue weighted by Gasteiger charge is 2.09. The Morgan fingerprint density at radius 2 is 1.87 bits per heavy atom. The summed E-state index contributed by atoms with van der Waals surface area (Å²) in [5.41, 5.74) is 3.67. The van der Waals surface area contributed by atoms with Crippen LogP contribution < -0.4 is 5.32 Å². The molecule has 0 radical (unpaired) electrons. The van der Waals surface area contributed by atoms with Crippen molar-refractivity contribution in [2.45, 2.75) is 13.8 Å². The van der Waals surface area contributed by atoms with Crippen molar-refractivity contribution in [1.29, 1.82) is 5.26 Å². The minimum Gasteiger partial charge on any atom is -0.321 e. The predicted octanol–water partition coefficient (Wildman–Crippen LogP) is 4.49. The summed E-state index contributed by atoms with van der Waals surface area (Å²) >= 11 is 0. The number of carbonyl (C=O) groups is 1. The number of hydrogen-bond acceptors (Lipinski definition) is 2. The summed E-state index contributed by atoms with van der Waals surface area (Å²) in [6.45, 7) is 3.81. The molecule has 0 aliphatic rings. The Morgan fingerprint density at radius 3 is 2.52 bits per heavy atom. The van der Waals surface area contributed by atoms with E-state index in [1.807, 2.05) is 74.5 Å². The first kappa shape index (κ1) is 16.3. The molecule has 0 bridgehead atoms. The second-order valence-corrected chi connectivity index (χ2v) is 5.29. The summed E-state index contributed by atoms with van der Waals surface area (Å²) < 4.78 is 0. The van der Waals surface area contributed by atoms with Gasteiger partial charge in [-0.2, -0.15) is 5.26 Å². The monoisotopic (exact) mass is 302 g/mol. The third-order valence-electron chi connectivity index (χ3n) is 3.21. The molecule has 0 fully saturated rings. The number of amides is 1. The summed E-state index contributed by atoms with van der Waals surface area (Å²) in [6.07, 6.45) is 3.52. The molecule has 0 spiro atoms. The number of nitrogens with one attached hydrogen (secondary N) is 1. The maximum atomic E-state index is 12.2. The Hall–Kier alpha value is -3.12. The van der Waals surface area contributed by atoms with E-state index in [2.05, 4.69) is 5.32 Å². The fraction of sp³-hybridized carbons (Fsp3) is 0.100. The molecule has 0 unspecified atom stereocenters. The summed E-state index contributed by atoms with van der Waals surface area (Å²) in [6, 6.07) is 19.2. The molecule has 2 aromatic rings. The van der Waals surface area contributed by atoms with Crippen LogP contribution in [-0.4, -0.2) is 5.91 Å². The maximum Gasteiger partial charge on any atom is 0.266 e. The molecule has 2 rings (SSSR count). The molecule has 0 heterocycles. The Balaban J connectivity index is 2.16. The number of carbonyl (C=O) groups excluding carboxylic acids is 1. The SMILES string of the molecule is CC(=C\c1ccccc1)/C=C(\C#N)C(=O)Nc1cccc(C)c1. The number of hydrogen-bond donors (Lipinski definition) is 1. The summed E-state index contributed by atoms with van der Waals surface area (Å²) in [5, 5.41) is 12.0. The van der Waals surface area contributed by atoms with E-state index in [1.54, 1.807) is 12.1 Å². The first-order chi connectivity index (χ1) is 11.1. The smallest absolute Gasteiger partial charge is 0.266 e. The number of benzene rings is 2. The highest BCUT2D eigenvalue weighted by molar-refractivity contribution is 6.07. The van der Waals surface area contributed by atoms with Gasteiger partial charge in [0, 0.05) is 5.69 Å². The lowest BCUT2D eigenvalue weighted by molar-refractivity contribution is -0.112. The maximum absolute atomic E-state index is 12.2. The molecule has 3 heteroatoms. The van der Waals surface area contributed by atoms with Gasteiger partial charge < -0.3 is 5.32 Å². The van der Waals surface area contributed by atoms with E-state index in [9.17, 15) is 10.1 Å². The molecule has 2 aromatic carbocycles. The van der Waals surface area contributed by atoms with Crippen LogP contribution in [0.4, 0.5) is 5.69 Å². The van der Waals surface area contributed by atoms with Crippen molar-refractivity contribution >= 4 is 17.7 Å². The minimum absolute atomic E-state index is 0.0798. The fourth-order valence-electron chi connectivity index (χ4n) is 2.15. The van der Waals surface area contributed by atoms with Crippen LogP contribution in [0.25, 0.3) is 6.08 Å². The number of nitriles is 1. The fourth-order valence-corrected chi connectivity index (χ4v) is 2.15. The zero-order chi connectivity index (χ0) is 16.7. The van der Waals surface area contributed by atoms with Crippen molar-refractivity contribution in [2.75, 3.05) is 5.32 Å². The third kappa shape index (κ3) is 4.98. The van der Waals surface area contributed by atoms with Gasteiger partial charge in [0.25, 0.3) is 5.91 Å². The zero-order valence-corrected chi connectivity index (χ0v) is 13.2. The quantitative estimate of drug-likeness (QED) is 0.514. The van der Waals surface area contributed by atoms with Gasteiger partial charge in [-0.25, -0.2) is 0 Å². The van der Waals surface area contributed by atoms with Gasteiger partial charge in [0.05, 0.1) is 0 Å². The number of rotatable bonds is 4. The molecule has 0 saturated heterocycles. The van der Waals surface area contributed by atoms with E-state index in [-0.39, 0.29) is 5.57 Å². The number of anilines is 1. The lowest BCUT2D eigenvalue weighted by atomic mass is 10.1. The van der Waals surface area contributed by atoms with Crippen LogP contribution in [0.5, 0.6) is 0 Å². The molecule has 0 atom stereocenters. The highest BCUT2D eigenvalue weighted by atomic mass is 16.1. The van der Waals surface area contributed by atoms with Gasteiger partial charge in [-0.15, -0.1) is 0 Å². The van der Waals surface area contributed by atoms with Gasteiger partial charge >= 0.3 is 0 Å². The molecular formula is C20H18N2O. The number of nitrogens with zero attached hydrogens (tertiary/aromatic N) is 1. The predicted molar refractivity (Wildman–Crippen MR) is 93.6 cm³/mol. The first-order valence-electron chi connectivity index (χ1n) is 7.31. The van der Waals surface area contributed by atoms with E-state index < -0.39 is 5.91 Å². The van der Waals surface area contributed by atoms with Gasteiger partial charge in [-0.05, 0) is 48.8 Å². The van der Waals surface area contributed by atoms with Crippen LogP contribution in [0, 0.1) is 18.3 Å². The first-order valence-corrected chi connectivity index (χ1v) is 7.31. The van der Waals surface area contributed by atoms with Crippen LogP contribution in [0.1, 0.15) is 18.1 Å². The van der Waals surface area contributed by atoms with Crippen molar-refractivity contribution in [3.63, 3.8) is 0 Å². The van der Waals surface area contributed by atoms with Gasteiger partial charge in [0.15, 0.2) is 0 Å². The molecule has 114 valence electrons. The molecule has 3 nitrogen and oxygen atoms in total. The van der Waals surface area contributed by atoms with Crippen LogP contribution in [0.2, 0.25) is 0 Å². The topological polar surface area (TPSA) is 52.9 Å². The molecule has 0 saturated carbocycles. The minimum atomic E-state index is -0.404. The van der Waals surface area contributed by atoms with Crippen molar-refractivity contribution in [2.24, 2.45) is 0 Å². The average Bonchev–Trinajstić information content (AvgIpc) is 2.53. The van der Waals surface area contributed by atoms with Crippen LogP contribution >= 0.6 is 0 Å². The summed E-state index contributed by atoms with van der Waals surface area (Å²) in [4.78, 5) is 12.2. The van der Waals surface area contributed by atoms with E-state index >= 15 is 0 Å². The Kier molecular flexibility index (Phi) is 5.49. The van der Waals surface area contributed by atoms with Gasteiger partial charge in [0.1, 0.15) is 11.6 Å². The Morgan fingerprint density at radius 1 is 1.13 bits per heavy atom. The Bertz CT molecular complexity index is 796. The lowest BCUT2D eigenvalue weighted by Crippen LogP contribution is -2.13. The third-order valence-corrected chi connectivity index (χ3v) is 3.21. The Labute approximate surface area is 136 Å². The van der Waals surface area contributed by atoms with E-state index in [0.29, 0.717) is 5.69 Å². The number of aryl methyl sites for hydroxylation is 1. The average molecular weight is 302 g/mol. The molecule has 1 amide bonds. The van der Waals surface area contributed by atoms with Crippen molar-refractivity contribution in [3.05, 3.63) is 82.9 Å². The van der Waals surface area contributed by atoms with E-state index in [4.69, 9.17) is 0 Å². The van der Waals surface area contributed by atoms with Crippen LogP contribution in [-0.2, 0) is 4.79 Å². The molecule has 0 aliphatic carbocycles. The van der Waals surface area contributed by atoms with Crippen LogP contribution in [0.15, 0.2) is 71.8 Å². The summed E-state index contributed by atoms with van der Waals surface area (Å²) in [7, 11) is 0. The van der Waals surface area contributed by atoms with Crippen molar-refractivity contribution in [3.8, 4) is 6.07 Å². The van der Waals surface area contributed by atoms with Gasteiger partial charge in [0.2, 0.25) is 0 Å². The van der Waals surface area contributed by atoms with Gasteiger partial charge in [-0.3, -0.25) is 4.79 Å². The zero-order valence-electron chi connectivity index (χ0n) is 13.2. The standard InChI is InChI=1S/C20H18N2O/c1-15-7-6-10-19(13-15)22-20(23)18(14-21)12-16(2)11-17-8-4-3-5-9-17/h3-13H,1-2H3,(H,22,23)/b16-11+,18-12+. The highest BCUT2D eigenvalue weighted by Crippen LogP contribution is 2.13. The molecular weight excluding hydrogens is 284 g/mol. The molecule has 1 N–H and O–H groups in total. The number of allylic oxidation sites excluding steroid dienone is 2. The van der Waals surface area contributed by atoms with Gasteiger partial charge in [-0.1, -0.05) is 48.5 Å². The largest absolute Gasteiger partial charge is 0.321 e. The lowest BCUT2D eigenvalue weighted by Gasteiger charge is -2.05. The second kappa shape index (κ2) is 7.77. The second-order valence-electron chi connectivity index (χ2n) is 5.29. The van der Waals surface area contributed by atoms with Crippen molar-refractivity contribution < 1.29 is 4.79 Å². The van der Waals surface area contributed by atoms with Crippen molar-refractivity contribution in [1.82, 2.24) is 0 Å².